The van der Waals surface area contributed by atoms with Crippen LogP contribution in [0.3, 0.4) is 0 Å². The number of allylic oxidation sites excluding steroid dienone is 4. The summed E-state index contributed by atoms with van der Waals surface area (Å²) in [6.07, 6.45) is 13.6. The molecule has 0 spiro atoms. The van der Waals surface area contributed by atoms with Gasteiger partial charge in [-0.2, -0.15) is 0 Å². The zero-order valence-corrected chi connectivity index (χ0v) is 18.9. The Morgan fingerprint density at radius 3 is 2.41 bits per heavy atom. The van der Waals surface area contributed by atoms with Crippen LogP contribution in [0, 0.1) is 5.92 Å². The molecule has 5 heteroatoms. The Hall–Kier alpha value is -2.92. The van der Waals surface area contributed by atoms with E-state index in [1.165, 1.54) is 17.7 Å². The summed E-state index contributed by atoms with van der Waals surface area (Å²) < 4.78 is 0. The van der Waals surface area contributed by atoms with E-state index in [0.29, 0.717) is 29.2 Å². The fourth-order valence-corrected chi connectivity index (χ4v) is 4.98. The first-order chi connectivity index (χ1) is 15.7. The molecule has 2 aliphatic rings. The molecule has 164 valence electrons. The van der Waals surface area contributed by atoms with Crippen molar-refractivity contribution in [1.29, 1.82) is 0 Å². The van der Waals surface area contributed by atoms with Crippen molar-refractivity contribution < 1.29 is 14.4 Å². The van der Waals surface area contributed by atoms with Crippen LogP contribution in [0.25, 0.3) is 0 Å². The normalized spacial score (nSPS) is 16.6. The number of rotatable bonds is 8. The maximum Gasteiger partial charge on any atom is 0.365 e. The monoisotopic (exact) mass is 445 g/mol. The van der Waals surface area contributed by atoms with Gasteiger partial charge in [-0.25, -0.2) is 4.79 Å². The van der Waals surface area contributed by atoms with Gasteiger partial charge in [-0.3, -0.25) is 4.79 Å². The quantitative estimate of drug-likeness (QED) is 0.190. The van der Waals surface area contributed by atoms with E-state index in [9.17, 15) is 9.59 Å². The van der Waals surface area contributed by atoms with Gasteiger partial charge < -0.3 is 4.84 Å². The van der Waals surface area contributed by atoms with Crippen molar-refractivity contribution in [2.24, 2.45) is 11.1 Å². The summed E-state index contributed by atoms with van der Waals surface area (Å²) in [5.41, 5.74) is 1.30. The molecule has 0 heterocycles. The van der Waals surface area contributed by atoms with Crippen LogP contribution in [-0.4, -0.2) is 17.5 Å². The fraction of sp³-hybridized carbons (Fsp3) is 0.296. The average molecular weight is 446 g/mol. The lowest BCUT2D eigenvalue weighted by Gasteiger charge is -2.12. The molecule has 0 unspecified atom stereocenters. The second kappa shape index (κ2) is 11.1. The van der Waals surface area contributed by atoms with Gasteiger partial charge in [0.05, 0.1) is 5.56 Å². The molecular weight excluding hydrogens is 418 g/mol. The Kier molecular flexibility index (Phi) is 7.73. The first-order valence-corrected chi connectivity index (χ1v) is 12.0. The Morgan fingerprint density at radius 2 is 1.72 bits per heavy atom. The highest BCUT2D eigenvalue weighted by Crippen LogP contribution is 2.32. The molecule has 1 fully saturated rings. The third-order valence-corrected chi connectivity index (χ3v) is 6.92. The number of Topliss-reactive ketones (excluding diaryl/α,β-unsaturated/α-hetero) is 1. The summed E-state index contributed by atoms with van der Waals surface area (Å²) in [6.45, 7) is 0. The molecule has 2 aromatic rings. The molecule has 0 aromatic heterocycles. The molecule has 0 radical (unpaired) electrons. The molecule has 2 aliphatic carbocycles. The van der Waals surface area contributed by atoms with Crippen LogP contribution in [0.15, 0.2) is 87.8 Å². The lowest BCUT2D eigenvalue weighted by molar-refractivity contribution is 0.0514. The Labute approximate surface area is 193 Å². The number of carbonyl (C=O) groups is 2. The van der Waals surface area contributed by atoms with E-state index in [0.717, 1.165) is 30.6 Å². The SMILES string of the molecule is O=C(O/N=C(/CC1CCCC1)C(=O)c1ccc(SC2=CC=CCC2)cc1)c1ccccc1. The smallest absolute Gasteiger partial charge is 0.312 e. The Bertz CT molecular complexity index is 1030. The minimum absolute atomic E-state index is 0.172. The number of benzene rings is 2. The highest BCUT2D eigenvalue weighted by molar-refractivity contribution is 8.03. The van der Waals surface area contributed by atoms with Crippen molar-refractivity contribution in [3.63, 3.8) is 0 Å². The highest BCUT2D eigenvalue weighted by Gasteiger charge is 2.23. The molecule has 0 amide bonds. The molecule has 0 N–H and O–H groups in total. The van der Waals surface area contributed by atoms with Gasteiger partial charge >= 0.3 is 5.97 Å². The van der Waals surface area contributed by atoms with E-state index in [-0.39, 0.29) is 5.78 Å². The van der Waals surface area contributed by atoms with Crippen LogP contribution in [0.5, 0.6) is 0 Å². The van der Waals surface area contributed by atoms with Gasteiger partial charge in [0.2, 0.25) is 5.78 Å². The minimum Gasteiger partial charge on any atom is -0.312 e. The molecule has 0 aliphatic heterocycles. The van der Waals surface area contributed by atoms with Crippen LogP contribution in [0.1, 0.15) is 65.7 Å². The van der Waals surface area contributed by atoms with E-state index >= 15 is 0 Å². The zero-order valence-electron chi connectivity index (χ0n) is 18.0. The fourth-order valence-electron chi connectivity index (χ4n) is 4.04. The van der Waals surface area contributed by atoms with Crippen LogP contribution >= 0.6 is 11.8 Å². The summed E-state index contributed by atoms with van der Waals surface area (Å²) in [4.78, 5) is 33.2. The van der Waals surface area contributed by atoms with Crippen LogP contribution < -0.4 is 0 Å². The van der Waals surface area contributed by atoms with Crippen LogP contribution in [0.2, 0.25) is 0 Å². The number of thioether (sulfide) groups is 1. The van der Waals surface area contributed by atoms with Crippen molar-refractivity contribution >= 4 is 29.2 Å². The largest absolute Gasteiger partial charge is 0.365 e. The molecule has 0 bridgehead atoms. The van der Waals surface area contributed by atoms with Crippen molar-refractivity contribution in [3.8, 4) is 0 Å². The Balaban J connectivity index is 1.48. The molecule has 0 atom stereocenters. The Morgan fingerprint density at radius 1 is 0.969 bits per heavy atom. The molecule has 0 saturated heterocycles. The summed E-state index contributed by atoms with van der Waals surface area (Å²) in [6, 6.07) is 16.3. The average Bonchev–Trinajstić information content (AvgIpc) is 3.36. The van der Waals surface area contributed by atoms with E-state index in [1.54, 1.807) is 36.0 Å². The minimum atomic E-state index is -0.552. The summed E-state index contributed by atoms with van der Waals surface area (Å²) in [5, 5.41) is 4.05. The first kappa shape index (κ1) is 22.3. The molecule has 2 aromatic carbocycles. The number of hydrogen-bond acceptors (Lipinski definition) is 5. The first-order valence-electron chi connectivity index (χ1n) is 11.2. The van der Waals surface area contributed by atoms with Crippen molar-refractivity contribution in [2.45, 2.75) is 49.8 Å². The van der Waals surface area contributed by atoms with Gasteiger partial charge in [0, 0.05) is 10.5 Å². The zero-order chi connectivity index (χ0) is 22.2. The molecule has 32 heavy (non-hydrogen) atoms. The van der Waals surface area contributed by atoms with E-state index in [4.69, 9.17) is 4.84 Å². The third kappa shape index (κ3) is 6.07. The molecule has 4 rings (SSSR count). The third-order valence-electron chi connectivity index (χ3n) is 5.81. The van der Waals surface area contributed by atoms with Crippen molar-refractivity contribution in [3.05, 3.63) is 88.9 Å². The molecular formula is C27H27NO3S. The number of carbonyl (C=O) groups excluding carboxylic acids is 2. The van der Waals surface area contributed by atoms with Gasteiger partial charge in [0.15, 0.2) is 0 Å². The van der Waals surface area contributed by atoms with E-state index < -0.39 is 5.97 Å². The topological polar surface area (TPSA) is 55.7 Å². The highest BCUT2D eigenvalue weighted by atomic mass is 32.2. The van der Waals surface area contributed by atoms with Crippen LogP contribution in [-0.2, 0) is 4.84 Å². The van der Waals surface area contributed by atoms with Gasteiger partial charge in [0.25, 0.3) is 0 Å². The number of hydrogen-bond donors (Lipinski definition) is 0. The van der Waals surface area contributed by atoms with Crippen LogP contribution in [0.4, 0.5) is 0 Å². The van der Waals surface area contributed by atoms with Gasteiger partial charge in [0.1, 0.15) is 5.71 Å². The van der Waals surface area contributed by atoms with E-state index in [2.05, 4.69) is 23.4 Å². The number of nitrogens with zero attached hydrogens (tertiary/aromatic N) is 1. The number of oxime groups is 1. The molecule has 1 saturated carbocycles. The van der Waals surface area contributed by atoms with E-state index in [1.807, 2.05) is 30.3 Å². The predicted molar refractivity (Wildman–Crippen MR) is 129 cm³/mol. The van der Waals surface area contributed by atoms with Gasteiger partial charge in [-0.1, -0.05) is 79.0 Å². The summed E-state index contributed by atoms with van der Waals surface area (Å²) >= 11 is 1.73. The van der Waals surface area contributed by atoms with Gasteiger partial charge in [-0.05, 0) is 66.5 Å². The summed E-state index contributed by atoms with van der Waals surface area (Å²) in [5.74, 6) is -0.313. The maximum absolute atomic E-state index is 13.2. The van der Waals surface area contributed by atoms with Crippen molar-refractivity contribution in [1.82, 2.24) is 0 Å². The number of ketones is 1. The maximum atomic E-state index is 13.2. The second-order valence-electron chi connectivity index (χ2n) is 8.19. The lowest BCUT2D eigenvalue weighted by Crippen LogP contribution is -2.19. The predicted octanol–water partition coefficient (Wildman–Crippen LogP) is 6.99. The summed E-state index contributed by atoms with van der Waals surface area (Å²) in [7, 11) is 0. The molecule has 4 nitrogen and oxygen atoms in total. The van der Waals surface area contributed by atoms with Gasteiger partial charge in [-0.15, -0.1) is 0 Å². The standard InChI is InChI=1S/C27H27NO3S/c29-26(21-15-17-24(18-16-21)32-23-13-5-2-6-14-23)25(19-20-9-7-8-10-20)28-31-27(30)22-11-3-1-4-12-22/h1-5,11-13,15-18,20H,6-10,14,19H2/b28-25-. The van der Waals surface area contributed by atoms with Crippen molar-refractivity contribution in [2.75, 3.05) is 0 Å². The lowest BCUT2D eigenvalue weighted by atomic mass is 9.96. The second-order valence-corrected chi connectivity index (χ2v) is 9.39.